The van der Waals surface area contributed by atoms with E-state index in [1.54, 1.807) is 11.3 Å². The van der Waals surface area contributed by atoms with Crippen LogP contribution in [0.4, 0.5) is 0 Å². The van der Waals surface area contributed by atoms with Crippen LogP contribution < -0.4 is 4.74 Å². The largest absolute Gasteiger partial charge is 0.485 e. The van der Waals surface area contributed by atoms with Crippen molar-refractivity contribution in [2.75, 3.05) is 0 Å². The molecule has 2 rings (SSSR count). The second kappa shape index (κ2) is 5.63. The van der Waals surface area contributed by atoms with Crippen LogP contribution >= 0.6 is 27.3 Å². The highest BCUT2D eigenvalue weighted by Crippen LogP contribution is 2.28. The van der Waals surface area contributed by atoms with E-state index in [0.29, 0.717) is 6.61 Å². The van der Waals surface area contributed by atoms with Gasteiger partial charge in [0.1, 0.15) is 17.4 Å². The zero-order valence-electron chi connectivity index (χ0n) is 11.7. The van der Waals surface area contributed by atoms with Crippen molar-refractivity contribution in [1.82, 2.24) is 4.98 Å². The van der Waals surface area contributed by atoms with Gasteiger partial charge in [-0.15, -0.1) is 11.3 Å². The van der Waals surface area contributed by atoms with Crippen LogP contribution in [0.15, 0.2) is 28.1 Å². The minimum absolute atomic E-state index is 0.0964. The molecule has 0 N–H and O–H groups in total. The van der Waals surface area contributed by atoms with Gasteiger partial charge in [0.2, 0.25) is 0 Å². The molecule has 0 radical (unpaired) electrons. The van der Waals surface area contributed by atoms with Crippen molar-refractivity contribution in [2.45, 2.75) is 39.7 Å². The Morgan fingerprint density at radius 3 is 2.63 bits per heavy atom. The minimum atomic E-state index is 0.0964. The third-order valence-corrected chi connectivity index (χ3v) is 4.20. The van der Waals surface area contributed by atoms with Crippen molar-refractivity contribution in [2.24, 2.45) is 0 Å². The first kappa shape index (κ1) is 14.5. The molecular formula is C15H18BrNOS. The maximum Gasteiger partial charge on any atom is 0.140 e. The van der Waals surface area contributed by atoms with Crippen LogP contribution in [0.3, 0.4) is 0 Å². The summed E-state index contributed by atoms with van der Waals surface area (Å²) >= 11 is 5.17. The van der Waals surface area contributed by atoms with Crippen LogP contribution in [0.5, 0.6) is 5.75 Å². The van der Waals surface area contributed by atoms with Gasteiger partial charge in [-0.2, -0.15) is 0 Å². The normalized spacial score (nSPS) is 11.6. The molecule has 102 valence electrons. The topological polar surface area (TPSA) is 22.1 Å². The Morgan fingerprint density at radius 1 is 1.32 bits per heavy atom. The zero-order valence-corrected chi connectivity index (χ0v) is 14.1. The van der Waals surface area contributed by atoms with Gasteiger partial charge >= 0.3 is 0 Å². The summed E-state index contributed by atoms with van der Waals surface area (Å²) in [6.45, 7) is 9.09. The van der Waals surface area contributed by atoms with Gasteiger partial charge in [0, 0.05) is 10.8 Å². The Morgan fingerprint density at radius 2 is 2.05 bits per heavy atom. The number of nitrogens with zero attached hydrogens (tertiary/aromatic N) is 1. The van der Waals surface area contributed by atoms with E-state index in [0.717, 1.165) is 20.9 Å². The molecule has 0 saturated carbocycles. The SMILES string of the molecule is Cc1ccc(OCc2nc(C(C)(C)C)cs2)c(Br)c1. The lowest BCUT2D eigenvalue weighted by molar-refractivity contribution is 0.303. The van der Waals surface area contributed by atoms with Crippen molar-refractivity contribution in [3.63, 3.8) is 0 Å². The van der Waals surface area contributed by atoms with Gasteiger partial charge < -0.3 is 4.74 Å². The summed E-state index contributed by atoms with van der Waals surface area (Å²) in [6.07, 6.45) is 0. The van der Waals surface area contributed by atoms with Crippen LogP contribution in [0, 0.1) is 6.92 Å². The molecule has 2 nitrogen and oxygen atoms in total. The van der Waals surface area contributed by atoms with Crippen LogP contribution in [0.1, 0.15) is 37.0 Å². The van der Waals surface area contributed by atoms with E-state index in [2.05, 4.69) is 60.1 Å². The molecule has 19 heavy (non-hydrogen) atoms. The van der Waals surface area contributed by atoms with Crippen molar-refractivity contribution < 1.29 is 4.74 Å². The molecule has 1 heterocycles. The van der Waals surface area contributed by atoms with E-state index < -0.39 is 0 Å². The Bertz CT molecular complexity index is 572. The quantitative estimate of drug-likeness (QED) is 0.776. The van der Waals surface area contributed by atoms with Gasteiger partial charge in [-0.1, -0.05) is 26.8 Å². The predicted octanol–water partition coefficient (Wildman–Crippen LogP) is 5.09. The van der Waals surface area contributed by atoms with Crippen molar-refractivity contribution in [1.29, 1.82) is 0 Å². The summed E-state index contributed by atoms with van der Waals surface area (Å²) in [5, 5.41) is 3.13. The second-order valence-corrected chi connectivity index (χ2v) is 7.40. The number of ether oxygens (including phenoxy) is 1. The third kappa shape index (κ3) is 3.80. The molecule has 4 heteroatoms. The maximum atomic E-state index is 5.80. The van der Waals surface area contributed by atoms with Gasteiger partial charge in [-0.25, -0.2) is 4.98 Å². The smallest absolute Gasteiger partial charge is 0.140 e. The van der Waals surface area contributed by atoms with Gasteiger partial charge in [-0.3, -0.25) is 0 Å². The van der Waals surface area contributed by atoms with E-state index in [4.69, 9.17) is 4.74 Å². The highest BCUT2D eigenvalue weighted by molar-refractivity contribution is 9.10. The Balaban J connectivity index is 2.04. The molecule has 0 unspecified atom stereocenters. The molecule has 0 bridgehead atoms. The Hall–Kier alpha value is -0.870. The highest BCUT2D eigenvalue weighted by atomic mass is 79.9. The molecule has 1 aromatic heterocycles. The molecule has 1 aromatic carbocycles. The summed E-state index contributed by atoms with van der Waals surface area (Å²) in [6, 6.07) is 6.08. The van der Waals surface area contributed by atoms with E-state index in [1.165, 1.54) is 5.56 Å². The van der Waals surface area contributed by atoms with Crippen LogP contribution in [0.25, 0.3) is 0 Å². The van der Waals surface area contributed by atoms with Crippen molar-refractivity contribution >= 4 is 27.3 Å². The zero-order chi connectivity index (χ0) is 14.0. The summed E-state index contributed by atoms with van der Waals surface area (Å²) in [5.74, 6) is 0.859. The standard InChI is InChI=1S/C15H18BrNOS/c1-10-5-6-12(11(16)7-10)18-8-14-17-13(9-19-14)15(2,3)4/h5-7,9H,8H2,1-4H3. The molecule has 0 aliphatic heterocycles. The third-order valence-electron chi connectivity index (χ3n) is 2.76. The molecule has 2 aromatic rings. The van der Waals surface area contributed by atoms with Crippen LogP contribution in [-0.2, 0) is 12.0 Å². The first-order valence-corrected chi connectivity index (χ1v) is 7.87. The fourth-order valence-corrected chi connectivity index (χ4v) is 3.12. The van der Waals surface area contributed by atoms with Gasteiger partial charge in [0.15, 0.2) is 0 Å². The number of halogens is 1. The lowest BCUT2D eigenvalue weighted by atomic mass is 9.93. The van der Waals surface area contributed by atoms with Crippen molar-refractivity contribution in [3.8, 4) is 5.75 Å². The fourth-order valence-electron chi connectivity index (χ4n) is 1.58. The molecular weight excluding hydrogens is 322 g/mol. The average molecular weight is 340 g/mol. The lowest BCUT2D eigenvalue weighted by Gasteiger charge is -2.14. The first-order valence-electron chi connectivity index (χ1n) is 6.20. The number of hydrogen-bond acceptors (Lipinski definition) is 3. The highest BCUT2D eigenvalue weighted by Gasteiger charge is 2.17. The molecule has 0 saturated heterocycles. The molecule has 0 fully saturated rings. The maximum absolute atomic E-state index is 5.80. The fraction of sp³-hybridized carbons (Fsp3) is 0.400. The van der Waals surface area contributed by atoms with E-state index in [1.807, 2.05) is 12.1 Å². The monoisotopic (exact) mass is 339 g/mol. The average Bonchev–Trinajstić information content (AvgIpc) is 2.76. The number of aryl methyl sites for hydroxylation is 1. The van der Waals surface area contributed by atoms with Gasteiger partial charge in [0.05, 0.1) is 10.2 Å². The number of rotatable bonds is 3. The number of thiazole rings is 1. The van der Waals surface area contributed by atoms with Crippen LogP contribution in [-0.4, -0.2) is 4.98 Å². The number of hydrogen-bond donors (Lipinski definition) is 0. The minimum Gasteiger partial charge on any atom is -0.485 e. The number of benzene rings is 1. The lowest BCUT2D eigenvalue weighted by Crippen LogP contribution is -2.11. The first-order chi connectivity index (χ1) is 8.86. The van der Waals surface area contributed by atoms with Crippen LogP contribution in [0.2, 0.25) is 0 Å². The summed E-state index contributed by atoms with van der Waals surface area (Å²) in [7, 11) is 0. The Labute approximate surface area is 127 Å². The van der Waals surface area contributed by atoms with E-state index >= 15 is 0 Å². The summed E-state index contributed by atoms with van der Waals surface area (Å²) < 4.78 is 6.79. The molecule has 0 spiro atoms. The predicted molar refractivity (Wildman–Crippen MR) is 84.0 cm³/mol. The molecule has 0 atom stereocenters. The molecule has 0 aliphatic rings. The number of aromatic nitrogens is 1. The molecule has 0 aliphatic carbocycles. The Kier molecular flexibility index (Phi) is 4.31. The second-order valence-electron chi connectivity index (χ2n) is 5.60. The van der Waals surface area contributed by atoms with Crippen molar-refractivity contribution in [3.05, 3.63) is 44.3 Å². The summed E-state index contributed by atoms with van der Waals surface area (Å²) in [4.78, 5) is 4.62. The summed E-state index contributed by atoms with van der Waals surface area (Å²) in [5.41, 5.74) is 2.43. The van der Waals surface area contributed by atoms with E-state index in [-0.39, 0.29) is 5.41 Å². The van der Waals surface area contributed by atoms with E-state index in [9.17, 15) is 0 Å². The van der Waals surface area contributed by atoms with Gasteiger partial charge in [-0.05, 0) is 40.5 Å². The molecule has 0 amide bonds. The van der Waals surface area contributed by atoms with Gasteiger partial charge in [0.25, 0.3) is 0 Å².